The molecule has 2 atom stereocenters. The van der Waals surface area contributed by atoms with Crippen LogP contribution in [0.4, 0.5) is 8.78 Å². The van der Waals surface area contributed by atoms with E-state index in [2.05, 4.69) is 15.4 Å². The second-order valence-corrected chi connectivity index (χ2v) is 6.58. The van der Waals surface area contributed by atoms with Gasteiger partial charge in [-0.15, -0.1) is 12.4 Å². The topological polar surface area (TPSA) is 70.7 Å². The van der Waals surface area contributed by atoms with E-state index in [0.717, 1.165) is 25.9 Å². The number of rotatable bonds is 5. The van der Waals surface area contributed by atoms with Crippen molar-refractivity contribution in [2.45, 2.75) is 44.4 Å². The van der Waals surface area contributed by atoms with Crippen molar-refractivity contribution in [3.05, 3.63) is 29.8 Å². The molecule has 1 aromatic carbocycles. The highest BCUT2D eigenvalue weighted by Crippen LogP contribution is 2.26. The number of ether oxygens (including phenoxy) is 1. The fourth-order valence-electron chi connectivity index (χ4n) is 3.55. The zero-order valence-corrected chi connectivity index (χ0v) is 15.6. The van der Waals surface area contributed by atoms with Gasteiger partial charge in [0.25, 0.3) is 5.91 Å². The quantitative estimate of drug-likeness (QED) is 0.790. The first-order valence-corrected chi connectivity index (χ1v) is 8.92. The second-order valence-electron chi connectivity index (χ2n) is 6.58. The van der Waals surface area contributed by atoms with Crippen LogP contribution in [0.2, 0.25) is 0 Å². The van der Waals surface area contributed by atoms with E-state index >= 15 is 0 Å². The van der Waals surface area contributed by atoms with Crippen molar-refractivity contribution in [2.75, 3.05) is 19.6 Å². The van der Waals surface area contributed by atoms with Gasteiger partial charge in [0, 0.05) is 19.1 Å². The minimum atomic E-state index is -3.01. The Balaban J connectivity index is 0.00000261. The van der Waals surface area contributed by atoms with E-state index in [1.807, 2.05) is 0 Å². The predicted molar refractivity (Wildman–Crippen MR) is 98.4 cm³/mol. The largest absolute Gasteiger partial charge is 0.434 e. The zero-order chi connectivity index (χ0) is 18.5. The van der Waals surface area contributed by atoms with E-state index < -0.39 is 18.6 Å². The maximum absolute atomic E-state index is 12.9. The van der Waals surface area contributed by atoms with Crippen molar-refractivity contribution < 1.29 is 23.1 Å². The molecule has 1 aromatic rings. The maximum atomic E-state index is 12.9. The molecule has 150 valence electrons. The highest BCUT2D eigenvalue weighted by Gasteiger charge is 2.36. The van der Waals surface area contributed by atoms with Crippen molar-refractivity contribution in [3.63, 3.8) is 0 Å². The minimum Gasteiger partial charge on any atom is -0.434 e. The number of nitrogens with zero attached hydrogens (tertiary/aromatic N) is 1. The smallest absolute Gasteiger partial charge is 0.387 e. The number of nitrogens with one attached hydrogen (secondary N) is 2. The van der Waals surface area contributed by atoms with Gasteiger partial charge < -0.3 is 20.3 Å². The average Bonchev–Trinajstić information content (AvgIpc) is 3.12. The predicted octanol–water partition coefficient (Wildman–Crippen LogP) is 2.18. The highest BCUT2D eigenvalue weighted by molar-refractivity contribution is 6.00. The number of halogens is 3. The van der Waals surface area contributed by atoms with Gasteiger partial charge in [-0.3, -0.25) is 9.59 Å². The first-order chi connectivity index (χ1) is 12.6. The van der Waals surface area contributed by atoms with Crippen molar-refractivity contribution in [1.29, 1.82) is 0 Å². The van der Waals surface area contributed by atoms with Crippen LogP contribution in [0.1, 0.15) is 36.0 Å². The van der Waals surface area contributed by atoms with Gasteiger partial charge in [-0.2, -0.15) is 8.78 Å². The number of para-hydroxylation sites is 1. The van der Waals surface area contributed by atoms with Gasteiger partial charge >= 0.3 is 6.61 Å². The highest BCUT2D eigenvalue weighted by atomic mass is 35.5. The summed E-state index contributed by atoms with van der Waals surface area (Å²) in [6.07, 6.45) is 3.17. The third-order valence-electron chi connectivity index (χ3n) is 4.79. The Morgan fingerprint density at radius 2 is 2.00 bits per heavy atom. The van der Waals surface area contributed by atoms with E-state index in [0.29, 0.717) is 19.4 Å². The molecule has 9 heteroatoms. The Hall–Kier alpha value is -1.93. The molecule has 3 rings (SSSR count). The van der Waals surface area contributed by atoms with Crippen molar-refractivity contribution in [2.24, 2.45) is 0 Å². The number of alkyl halides is 2. The fraction of sp³-hybridized carbons (Fsp3) is 0.556. The maximum Gasteiger partial charge on any atom is 0.387 e. The van der Waals surface area contributed by atoms with Gasteiger partial charge in [-0.1, -0.05) is 12.1 Å². The molecule has 0 radical (unpaired) electrons. The summed E-state index contributed by atoms with van der Waals surface area (Å²) in [5, 5.41) is 6.23. The van der Waals surface area contributed by atoms with Crippen LogP contribution in [0, 0.1) is 0 Å². The van der Waals surface area contributed by atoms with Crippen LogP contribution in [0.15, 0.2) is 24.3 Å². The molecule has 0 saturated carbocycles. The van der Waals surface area contributed by atoms with Crippen molar-refractivity contribution in [3.8, 4) is 5.75 Å². The lowest BCUT2D eigenvalue weighted by Crippen LogP contribution is -2.52. The summed E-state index contributed by atoms with van der Waals surface area (Å²) in [6.45, 7) is -0.929. The van der Waals surface area contributed by atoms with Crippen LogP contribution in [-0.2, 0) is 4.79 Å². The van der Waals surface area contributed by atoms with Gasteiger partial charge in [0.2, 0.25) is 5.91 Å². The lowest BCUT2D eigenvalue weighted by molar-refractivity contribution is -0.125. The van der Waals surface area contributed by atoms with Crippen LogP contribution >= 0.6 is 12.4 Å². The fourth-order valence-corrected chi connectivity index (χ4v) is 3.55. The molecule has 6 nitrogen and oxygen atoms in total. The Kier molecular flexibility index (Phi) is 7.79. The summed E-state index contributed by atoms with van der Waals surface area (Å²) in [6, 6.07) is 5.37. The monoisotopic (exact) mass is 403 g/mol. The summed E-state index contributed by atoms with van der Waals surface area (Å²) < 4.78 is 29.6. The van der Waals surface area contributed by atoms with Gasteiger partial charge in [-0.25, -0.2) is 0 Å². The Labute approximate surface area is 163 Å². The van der Waals surface area contributed by atoms with E-state index in [1.54, 1.807) is 6.07 Å². The summed E-state index contributed by atoms with van der Waals surface area (Å²) >= 11 is 0. The molecule has 2 N–H and O–H groups in total. The Morgan fingerprint density at radius 3 is 2.70 bits per heavy atom. The summed E-state index contributed by atoms with van der Waals surface area (Å²) in [7, 11) is 0. The van der Waals surface area contributed by atoms with Crippen LogP contribution < -0.4 is 15.4 Å². The summed E-state index contributed by atoms with van der Waals surface area (Å²) in [5.74, 6) is -0.812. The van der Waals surface area contributed by atoms with Crippen LogP contribution in [0.25, 0.3) is 0 Å². The number of carbonyl (C=O) groups excluding carboxylic acids is 2. The molecule has 27 heavy (non-hydrogen) atoms. The molecule has 2 amide bonds. The lowest BCUT2D eigenvalue weighted by atomic mass is 10.1. The third kappa shape index (κ3) is 5.29. The molecule has 2 heterocycles. The van der Waals surface area contributed by atoms with Gasteiger partial charge in [0.15, 0.2) is 0 Å². The number of hydrogen-bond donors (Lipinski definition) is 2. The van der Waals surface area contributed by atoms with E-state index in [4.69, 9.17) is 0 Å². The second kappa shape index (κ2) is 9.85. The van der Waals surface area contributed by atoms with E-state index in [1.165, 1.54) is 23.1 Å². The van der Waals surface area contributed by atoms with Crippen LogP contribution in [0.5, 0.6) is 5.75 Å². The Bertz CT molecular complexity index is 656. The van der Waals surface area contributed by atoms with Crippen molar-refractivity contribution >= 4 is 24.2 Å². The Morgan fingerprint density at radius 1 is 1.22 bits per heavy atom. The molecule has 2 aliphatic heterocycles. The number of piperidine rings is 1. The molecule has 2 saturated heterocycles. The first kappa shape index (κ1) is 21.4. The number of likely N-dealkylation sites (tertiary alicyclic amines) is 1. The molecule has 0 aliphatic carbocycles. The number of hydrogen-bond acceptors (Lipinski definition) is 4. The van der Waals surface area contributed by atoms with Gasteiger partial charge in [0.05, 0.1) is 5.56 Å². The molecular formula is C18H24ClF2N3O3. The first-order valence-electron chi connectivity index (χ1n) is 8.92. The third-order valence-corrected chi connectivity index (χ3v) is 4.79. The normalized spacial score (nSPS) is 22.3. The molecular weight excluding hydrogens is 380 g/mol. The number of carbonyl (C=O) groups is 2. The SMILES string of the molecule is Cl.O=C(N[C@H]1CCCNC1)C1CCCN1C(=O)c1ccccc1OC(F)F. The minimum absolute atomic E-state index is 0. The lowest BCUT2D eigenvalue weighted by Gasteiger charge is -2.29. The molecule has 2 fully saturated rings. The van der Waals surface area contributed by atoms with E-state index in [9.17, 15) is 18.4 Å². The van der Waals surface area contributed by atoms with Gasteiger partial charge in [0.1, 0.15) is 11.8 Å². The number of amides is 2. The summed E-state index contributed by atoms with van der Waals surface area (Å²) in [5.41, 5.74) is 0.0480. The molecule has 0 bridgehead atoms. The average molecular weight is 404 g/mol. The van der Waals surface area contributed by atoms with E-state index in [-0.39, 0.29) is 35.7 Å². The van der Waals surface area contributed by atoms with Crippen molar-refractivity contribution in [1.82, 2.24) is 15.5 Å². The standard InChI is InChI=1S/C18H23F2N3O3.ClH/c19-18(20)26-15-8-2-1-6-13(15)17(25)23-10-4-7-14(23)16(24)22-12-5-3-9-21-11-12;/h1-2,6,8,12,14,18,21H,3-5,7,9-11H2,(H,22,24);1H/t12-,14?;/m0./s1. The van der Waals surface area contributed by atoms with Gasteiger partial charge in [-0.05, 0) is 44.4 Å². The molecule has 0 aromatic heterocycles. The number of benzene rings is 1. The zero-order valence-electron chi connectivity index (χ0n) is 14.8. The molecule has 0 spiro atoms. The molecule has 1 unspecified atom stereocenters. The molecule has 2 aliphatic rings. The van der Waals surface area contributed by atoms with Crippen LogP contribution in [-0.4, -0.2) is 55.0 Å². The van der Waals surface area contributed by atoms with Crippen LogP contribution in [0.3, 0.4) is 0 Å². The summed E-state index contributed by atoms with van der Waals surface area (Å²) in [4.78, 5) is 27.0.